The number of aryl methyl sites for hydroxylation is 2. The molecule has 1 atom stereocenters. The summed E-state index contributed by atoms with van der Waals surface area (Å²) in [5, 5.41) is 3.46. The first-order valence-corrected chi connectivity index (χ1v) is 10.9. The lowest BCUT2D eigenvalue weighted by atomic mass is 10.1. The van der Waals surface area contributed by atoms with E-state index in [1.165, 1.54) is 12.0 Å². The van der Waals surface area contributed by atoms with Gasteiger partial charge in [0.1, 0.15) is 5.82 Å². The highest BCUT2D eigenvalue weighted by atomic mass is 16.5. The Bertz CT molecular complexity index is 743. The molecular formula is C23H35N5O. The maximum absolute atomic E-state index is 5.96. The van der Waals surface area contributed by atoms with Gasteiger partial charge in [0, 0.05) is 51.0 Å². The quantitative estimate of drug-likeness (QED) is 0.379. The second-order valence-electron chi connectivity index (χ2n) is 7.71. The van der Waals surface area contributed by atoms with E-state index in [0.29, 0.717) is 12.5 Å². The van der Waals surface area contributed by atoms with Crippen molar-refractivity contribution in [2.75, 3.05) is 32.8 Å². The van der Waals surface area contributed by atoms with Crippen molar-refractivity contribution in [2.45, 2.75) is 46.3 Å². The first kappa shape index (κ1) is 21.4. The Morgan fingerprint density at radius 2 is 2.14 bits per heavy atom. The molecule has 158 valence electrons. The van der Waals surface area contributed by atoms with Crippen LogP contribution in [0, 0.1) is 12.8 Å². The van der Waals surface area contributed by atoms with Crippen molar-refractivity contribution in [2.24, 2.45) is 10.9 Å². The summed E-state index contributed by atoms with van der Waals surface area (Å²) in [4.78, 5) is 11.5. The number of benzene rings is 1. The van der Waals surface area contributed by atoms with E-state index in [-0.39, 0.29) is 0 Å². The molecule has 0 bridgehead atoms. The second kappa shape index (κ2) is 11.6. The Morgan fingerprint density at radius 1 is 1.28 bits per heavy atom. The van der Waals surface area contributed by atoms with Crippen molar-refractivity contribution in [1.29, 1.82) is 0 Å². The molecule has 1 aromatic carbocycles. The molecular weight excluding hydrogens is 362 g/mol. The zero-order chi connectivity index (χ0) is 20.3. The molecule has 6 nitrogen and oxygen atoms in total. The van der Waals surface area contributed by atoms with Crippen molar-refractivity contribution in [1.82, 2.24) is 19.8 Å². The number of guanidine groups is 1. The van der Waals surface area contributed by atoms with E-state index < -0.39 is 0 Å². The highest BCUT2D eigenvalue weighted by Crippen LogP contribution is 2.17. The van der Waals surface area contributed by atoms with Gasteiger partial charge in [-0.15, -0.1) is 0 Å². The van der Waals surface area contributed by atoms with Gasteiger partial charge in [-0.25, -0.2) is 4.98 Å². The smallest absolute Gasteiger partial charge is 0.193 e. The third kappa shape index (κ3) is 6.89. The second-order valence-corrected chi connectivity index (χ2v) is 7.71. The molecule has 1 unspecified atom stereocenters. The molecule has 6 heteroatoms. The van der Waals surface area contributed by atoms with Gasteiger partial charge in [0.2, 0.25) is 0 Å². The fourth-order valence-corrected chi connectivity index (χ4v) is 3.72. The monoisotopic (exact) mass is 397 g/mol. The van der Waals surface area contributed by atoms with E-state index >= 15 is 0 Å². The minimum Gasteiger partial charge on any atom is -0.376 e. The van der Waals surface area contributed by atoms with Gasteiger partial charge >= 0.3 is 0 Å². The molecule has 1 aliphatic rings. The summed E-state index contributed by atoms with van der Waals surface area (Å²) < 4.78 is 8.16. The van der Waals surface area contributed by atoms with Gasteiger partial charge in [0.05, 0.1) is 13.2 Å². The zero-order valence-electron chi connectivity index (χ0n) is 17.9. The average Bonchev–Trinajstić information content (AvgIpc) is 3.37. The molecule has 0 amide bonds. The summed E-state index contributed by atoms with van der Waals surface area (Å²) >= 11 is 0. The fourth-order valence-electron chi connectivity index (χ4n) is 3.72. The van der Waals surface area contributed by atoms with Crippen LogP contribution in [0.4, 0.5) is 0 Å². The van der Waals surface area contributed by atoms with Crippen LogP contribution >= 0.6 is 0 Å². The summed E-state index contributed by atoms with van der Waals surface area (Å²) in [6.45, 7) is 10.6. The molecule has 2 heterocycles. The van der Waals surface area contributed by atoms with Crippen LogP contribution in [0.25, 0.3) is 0 Å². The maximum Gasteiger partial charge on any atom is 0.193 e. The Balaban J connectivity index is 1.38. The molecule has 1 saturated heterocycles. The summed E-state index contributed by atoms with van der Waals surface area (Å²) in [5.41, 5.74) is 1.24. The minimum absolute atomic E-state index is 0.576. The van der Waals surface area contributed by atoms with Crippen molar-refractivity contribution >= 4 is 5.96 Å². The standard InChI is InChI=1S/C23H35N5O/c1-3-24-23(26-12-7-8-14-27-16-13-25-20(27)2)28-15-11-22(17-28)19-29-18-21-9-5-4-6-10-21/h4-6,9-10,13,16,22H,3,7-8,11-12,14-15,17-19H2,1-2H3,(H,24,26). The van der Waals surface area contributed by atoms with Crippen LogP contribution in [0.2, 0.25) is 0 Å². The molecule has 3 rings (SSSR count). The predicted molar refractivity (Wildman–Crippen MR) is 118 cm³/mol. The number of aromatic nitrogens is 2. The number of unbranched alkanes of at least 4 members (excludes halogenated alkanes) is 1. The van der Waals surface area contributed by atoms with Crippen molar-refractivity contribution < 1.29 is 4.74 Å². The Morgan fingerprint density at radius 3 is 2.90 bits per heavy atom. The third-order valence-electron chi connectivity index (χ3n) is 5.38. The van der Waals surface area contributed by atoms with Gasteiger partial charge in [0.25, 0.3) is 0 Å². The van der Waals surface area contributed by atoms with Gasteiger partial charge in [0.15, 0.2) is 5.96 Å². The van der Waals surface area contributed by atoms with Crippen LogP contribution in [0.1, 0.15) is 37.6 Å². The number of imidazole rings is 1. The van der Waals surface area contributed by atoms with E-state index in [9.17, 15) is 0 Å². The topological polar surface area (TPSA) is 54.7 Å². The molecule has 2 aromatic rings. The van der Waals surface area contributed by atoms with Crippen molar-refractivity contribution in [3.63, 3.8) is 0 Å². The van der Waals surface area contributed by atoms with Crippen LogP contribution in [0.3, 0.4) is 0 Å². The van der Waals surface area contributed by atoms with E-state index in [1.54, 1.807) is 0 Å². The lowest BCUT2D eigenvalue weighted by molar-refractivity contribution is 0.0907. The fraction of sp³-hybridized carbons (Fsp3) is 0.565. The molecule has 29 heavy (non-hydrogen) atoms. The number of aliphatic imine (C=N–C) groups is 1. The van der Waals surface area contributed by atoms with Crippen LogP contribution < -0.4 is 5.32 Å². The first-order chi connectivity index (χ1) is 14.3. The normalized spacial score (nSPS) is 17.1. The van der Waals surface area contributed by atoms with E-state index in [0.717, 1.165) is 64.0 Å². The molecule has 1 N–H and O–H groups in total. The van der Waals surface area contributed by atoms with E-state index in [4.69, 9.17) is 9.73 Å². The number of nitrogens with zero attached hydrogens (tertiary/aromatic N) is 4. The van der Waals surface area contributed by atoms with Gasteiger partial charge in [-0.2, -0.15) is 0 Å². The molecule has 0 radical (unpaired) electrons. The minimum atomic E-state index is 0.576. The molecule has 0 saturated carbocycles. The first-order valence-electron chi connectivity index (χ1n) is 10.9. The molecule has 1 aliphatic heterocycles. The highest BCUT2D eigenvalue weighted by Gasteiger charge is 2.24. The van der Waals surface area contributed by atoms with Gasteiger partial charge in [-0.1, -0.05) is 30.3 Å². The van der Waals surface area contributed by atoms with Crippen LogP contribution in [0.15, 0.2) is 47.7 Å². The third-order valence-corrected chi connectivity index (χ3v) is 5.38. The predicted octanol–water partition coefficient (Wildman–Crippen LogP) is 3.48. The number of rotatable bonds is 10. The lowest BCUT2D eigenvalue weighted by Gasteiger charge is -2.21. The number of hydrogen-bond acceptors (Lipinski definition) is 3. The largest absolute Gasteiger partial charge is 0.376 e. The van der Waals surface area contributed by atoms with E-state index in [1.807, 2.05) is 18.5 Å². The summed E-state index contributed by atoms with van der Waals surface area (Å²) in [5.74, 6) is 2.71. The lowest BCUT2D eigenvalue weighted by Crippen LogP contribution is -2.40. The molecule has 1 fully saturated rings. The van der Waals surface area contributed by atoms with Gasteiger partial charge in [-0.3, -0.25) is 4.99 Å². The summed E-state index contributed by atoms with van der Waals surface area (Å²) in [7, 11) is 0. The highest BCUT2D eigenvalue weighted by molar-refractivity contribution is 5.80. The van der Waals surface area contributed by atoms with Crippen LogP contribution in [-0.2, 0) is 17.9 Å². The van der Waals surface area contributed by atoms with Crippen molar-refractivity contribution in [3.8, 4) is 0 Å². The molecule has 1 aromatic heterocycles. The Hall–Kier alpha value is -2.34. The number of hydrogen-bond donors (Lipinski definition) is 1. The van der Waals surface area contributed by atoms with E-state index in [2.05, 4.69) is 57.9 Å². The zero-order valence-corrected chi connectivity index (χ0v) is 17.9. The van der Waals surface area contributed by atoms with Crippen LogP contribution in [0.5, 0.6) is 0 Å². The van der Waals surface area contributed by atoms with Crippen LogP contribution in [-0.4, -0.2) is 53.2 Å². The number of likely N-dealkylation sites (tertiary alicyclic amines) is 1. The van der Waals surface area contributed by atoms with Gasteiger partial charge < -0.3 is 19.5 Å². The molecule has 0 aliphatic carbocycles. The Kier molecular flexibility index (Phi) is 8.56. The Labute approximate surface area is 175 Å². The molecule has 0 spiro atoms. The van der Waals surface area contributed by atoms with Gasteiger partial charge in [-0.05, 0) is 38.7 Å². The number of ether oxygens (including phenoxy) is 1. The average molecular weight is 398 g/mol. The number of nitrogens with one attached hydrogen (secondary N) is 1. The summed E-state index contributed by atoms with van der Waals surface area (Å²) in [6.07, 6.45) is 7.29. The summed E-state index contributed by atoms with van der Waals surface area (Å²) in [6, 6.07) is 10.4. The SMILES string of the molecule is CCNC(=NCCCCn1ccnc1C)N1CCC(COCc2ccccc2)C1. The maximum atomic E-state index is 5.96. The van der Waals surface area contributed by atoms with Crippen molar-refractivity contribution in [3.05, 3.63) is 54.1 Å².